The van der Waals surface area contributed by atoms with Crippen molar-refractivity contribution < 1.29 is 14.2 Å². The fraction of sp³-hybridized carbons (Fsp3) is 1.00. The largest absolute Gasteiger partial charge is 0.375 e. The number of ether oxygens (including phenoxy) is 3. The average Bonchev–Trinajstić information content (AvgIpc) is 2.06. The minimum atomic E-state index is -0.615. The number of hydrogen-bond donors (Lipinski definition) is 0. The highest BCUT2D eigenvalue weighted by Crippen LogP contribution is 2.15. The van der Waals surface area contributed by atoms with Gasteiger partial charge in [0, 0.05) is 21.3 Å². The molecule has 0 rings (SSSR count). The van der Waals surface area contributed by atoms with Gasteiger partial charge in [-0.2, -0.15) is 0 Å². The Hall–Kier alpha value is 0.387. The van der Waals surface area contributed by atoms with E-state index in [4.69, 9.17) is 25.8 Å². The molecule has 0 saturated heterocycles. The quantitative estimate of drug-likeness (QED) is 0.341. The van der Waals surface area contributed by atoms with Gasteiger partial charge in [0.05, 0.1) is 16.1 Å². The Morgan fingerprint density at radius 2 is 1.82 bits per heavy atom. The molecule has 0 heterocycles. The molecule has 0 saturated carbocycles. The van der Waals surface area contributed by atoms with E-state index >= 15 is 0 Å². The lowest BCUT2D eigenvalue weighted by Crippen LogP contribution is -2.48. The van der Waals surface area contributed by atoms with Gasteiger partial charge in [0.2, 0.25) is 0 Å². The summed E-state index contributed by atoms with van der Waals surface area (Å²) in [6, 6.07) is 0. The van der Waals surface area contributed by atoms with Crippen LogP contribution in [0.1, 0.15) is 0 Å². The Balaban J connectivity index is 4.19. The van der Waals surface area contributed by atoms with Crippen molar-refractivity contribution >= 4 is 21.8 Å². The Morgan fingerprint density at radius 1 is 1.36 bits per heavy atom. The summed E-state index contributed by atoms with van der Waals surface area (Å²) < 4.78 is 15.4. The van der Waals surface area contributed by atoms with E-state index in [9.17, 15) is 0 Å². The van der Waals surface area contributed by atoms with Crippen LogP contribution in [0.2, 0.25) is 0 Å². The Kier molecular flexibility index (Phi) is 5.29. The molecule has 0 aromatic carbocycles. The normalized spacial score (nSPS) is 15.3. The molecule has 1 atom stereocenters. The van der Waals surface area contributed by atoms with Crippen LogP contribution >= 0.6 is 11.6 Å². The molecule has 0 aliphatic carbocycles. The molecule has 0 spiro atoms. The molecule has 0 aromatic rings. The van der Waals surface area contributed by atoms with Crippen molar-refractivity contribution in [2.24, 2.45) is 0 Å². The Labute approximate surface area is 75.4 Å². The van der Waals surface area contributed by atoms with Crippen LogP contribution in [0.4, 0.5) is 0 Å². The van der Waals surface area contributed by atoms with Gasteiger partial charge in [-0.15, -0.1) is 11.6 Å². The van der Waals surface area contributed by atoms with E-state index in [1.54, 1.807) is 21.3 Å². The highest BCUT2D eigenvalue weighted by atomic mass is 35.5. The van der Waals surface area contributed by atoms with Crippen LogP contribution in [-0.4, -0.2) is 49.0 Å². The lowest BCUT2D eigenvalue weighted by Gasteiger charge is -2.33. The number of methoxy groups -OCH3 is 3. The molecule has 0 N–H and O–H groups in total. The average molecular weight is 199 g/mol. The predicted molar refractivity (Wildman–Crippen MR) is 48.2 cm³/mol. The second-order valence-corrected chi connectivity index (χ2v) is 4.01. The second kappa shape index (κ2) is 5.11. The van der Waals surface area contributed by atoms with Crippen molar-refractivity contribution in [3.8, 4) is 0 Å². The molecule has 0 aromatic heterocycles. The molecule has 0 fully saturated rings. The third-order valence-corrected chi connectivity index (χ3v) is 3.56. The lowest BCUT2D eigenvalue weighted by molar-refractivity contribution is -0.201. The SMILES string of the molecule is COC(CCl)C([SiH3])(OC)OC. The van der Waals surface area contributed by atoms with Crippen LogP contribution in [0.5, 0.6) is 0 Å². The molecule has 5 heteroatoms. The van der Waals surface area contributed by atoms with Crippen molar-refractivity contribution in [2.45, 2.75) is 11.5 Å². The number of rotatable bonds is 5. The smallest absolute Gasteiger partial charge is 0.167 e. The van der Waals surface area contributed by atoms with E-state index in [2.05, 4.69) is 0 Å². The zero-order chi connectivity index (χ0) is 8.91. The molecule has 0 bridgehead atoms. The van der Waals surface area contributed by atoms with E-state index in [0.29, 0.717) is 5.88 Å². The summed E-state index contributed by atoms with van der Waals surface area (Å²) in [5.74, 6) is 0.377. The number of halogens is 1. The fourth-order valence-corrected chi connectivity index (χ4v) is 1.87. The van der Waals surface area contributed by atoms with Gasteiger partial charge in [-0.1, -0.05) is 0 Å². The molecule has 0 aliphatic rings. The molecule has 68 valence electrons. The maximum Gasteiger partial charge on any atom is 0.167 e. The zero-order valence-electron chi connectivity index (χ0n) is 7.39. The minimum Gasteiger partial charge on any atom is -0.375 e. The van der Waals surface area contributed by atoms with Gasteiger partial charge in [0.15, 0.2) is 5.41 Å². The minimum absolute atomic E-state index is 0.189. The van der Waals surface area contributed by atoms with Crippen molar-refractivity contribution in [1.29, 1.82) is 0 Å². The maximum atomic E-state index is 5.65. The van der Waals surface area contributed by atoms with Gasteiger partial charge in [-0.3, -0.25) is 0 Å². The first-order chi connectivity index (χ1) is 5.14. The van der Waals surface area contributed by atoms with Crippen LogP contribution in [-0.2, 0) is 14.2 Å². The number of hydrogen-bond acceptors (Lipinski definition) is 3. The summed E-state index contributed by atoms with van der Waals surface area (Å²) in [4.78, 5) is 0. The van der Waals surface area contributed by atoms with Crippen LogP contribution in [0, 0.1) is 0 Å². The third kappa shape index (κ3) is 2.72. The van der Waals surface area contributed by atoms with Crippen LogP contribution in [0.15, 0.2) is 0 Å². The molecular formula is C6H15ClO3Si. The standard InChI is InChI=1S/C6H15ClO3Si/c1-8-5(4-7)6(11,9-2)10-3/h5H,4H2,1-3,11H3. The van der Waals surface area contributed by atoms with Crippen LogP contribution < -0.4 is 0 Å². The van der Waals surface area contributed by atoms with Gasteiger partial charge < -0.3 is 14.2 Å². The van der Waals surface area contributed by atoms with Crippen LogP contribution in [0.3, 0.4) is 0 Å². The topological polar surface area (TPSA) is 27.7 Å². The van der Waals surface area contributed by atoms with E-state index in [1.165, 1.54) is 0 Å². The summed E-state index contributed by atoms with van der Waals surface area (Å²) in [6.07, 6.45) is -0.189. The summed E-state index contributed by atoms with van der Waals surface area (Å²) >= 11 is 5.65. The molecule has 0 amide bonds. The fourth-order valence-electron chi connectivity index (χ4n) is 0.763. The third-order valence-electron chi connectivity index (χ3n) is 1.82. The van der Waals surface area contributed by atoms with Crippen molar-refractivity contribution in [1.82, 2.24) is 0 Å². The highest BCUT2D eigenvalue weighted by molar-refractivity contribution is 6.20. The van der Waals surface area contributed by atoms with E-state index in [-0.39, 0.29) is 6.10 Å². The number of alkyl halides is 1. The van der Waals surface area contributed by atoms with Crippen molar-refractivity contribution in [3.63, 3.8) is 0 Å². The monoisotopic (exact) mass is 198 g/mol. The van der Waals surface area contributed by atoms with E-state index < -0.39 is 5.41 Å². The lowest BCUT2D eigenvalue weighted by atomic mass is 10.4. The van der Waals surface area contributed by atoms with Crippen molar-refractivity contribution in [3.05, 3.63) is 0 Å². The molecule has 0 radical (unpaired) electrons. The zero-order valence-corrected chi connectivity index (χ0v) is 10.1. The molecular weight excluding hydrogens is 184 g/mol. The second-order valence-electron chi connectivity index (χ2n) is 2.30. The Bertz CT molecular complexity index is 104. The van der Waals surface area contributed by atoms with Crippen LogP contribution in [0.25, 0.3) is 0 Å². The molecule has 3 nitrogen and oxygen atoms in total. The van der Waals surface area contributed by atoms with E-state index in [0.717, 1.165) is 10.2 Å². The molecule has 1 unspecified atom stereocenters. The Morgan fingerprint density at radius 3 is 1.91 bits per heavy atom. The highest BCUT2D eigenvalue weighted by Gasteiger charge is 2.33. The predicted octanol–water partition coefficient (Wildman–Crippen LogP) is -0.448. The summed E-state index contributed by atoms with van der Waals surface area (Å²) in [6.45, 7) is 0. The van der Waals surface area contributed by atoms with Gasteiger partial charge >= 0.3 is 0 Å². The molecule has 11 heavy (non-hydrogen) atoms. The summed E-state index contributed by atoms with van der Waals surface area (Å²) in [5, 5.41) is 0. The summed E-state index contributed by atoms with van der Waals surface area (Å²) in [7, 11) is 5.50. The van der Waals surface area contributed by atoms with Gasteiger partial charge in [0.25, 0.3) is 0 Å². The first-order valence-corrected chi connectivity index (χ1v) is 4.87. The van der Waals surface area contributed by atoms with E-state index in [1.807, 2.05) is 0 Å². The van der Waals surface area contributed by atoms with Gasteiger partial charge in [-0.05, 0) is 0 Å². The van der Waals surface area contributed by atoms with Gasteiger partial charge in [-0.25, -0.2) is 0 Å². The first-order valence-electron chi connectivity index (χ1n) is 3.33. The summed E-state index contributed by atoms with van der Waals surface area (Å²) in [5.41, 5.74) is -0.615. The van der Waals surface area contributed by atoms with Gasteiger partial charge in [0.1, 0.15) is 6.10 Å². The first kappa shape index (κ1) is 11.4. The molecule has 0 aliphatic heterocycles. The van der Waals surface area contributed by atoms with Crippen molar-refractivity contribution in [2.75, 3.05) is 27.2 Å². The maximum absolute atomic E-state index is 5.65.